The lowest BCUT2D eigenvalue weighted by atomic mass is 9.97. The molecule has 1 aromatic carbocycles. The summed E-state index contributed by atoms with van der Waals surface area (Å²) in [5, 5.41) is 24.5. The van der Waals surface area contributed by atoms with E-state index in [2.05, 4.69) is 10.6 Å². The number of alkyl carbamates (subject to hydrolysis) is 1. The number of aliphatic hydroxyl groups excluding tert-OH is 1. The van der Waals surface area contributed by atoms with Gasteiger partial charge in [0.25, 0.3) is 0 Å². The molecule has 1 rings (SSSR count). The summed E-state index contributed by atoms with van der Waals surface area (Å²) < 4.78 is 5.17. The highest BCUT2D eigenvalue weighted by atomic mass is 16.6. The van der Waals surface area contributed by atoms with E-state index >= 15 is 0 Å². The number of nitrogens with zero attached hydrogens (tertiary/aromatic N) is 2. The van der Waals surface area contributed by atoms with E-state index in [1.807, 2.05) is 26.0 Å². The van der Waals surface area contributed by atoms with Crippen molar-refractivity contribution in [3.8, 4) is 6.07 Å². The van der Waals surface area contributed by atoms with Crippen molar-refractivity contribution in [2.75, 3.05) is 13.2 Å². The van der Waals surface area contributed by atoms with Crippen molar-refractivity contribution < 1.29 is 24.2 Å². The molecule has 0 aromatic heterocycles. The number of carbonyl (C=O) groups is 3. The second kappa shape index (κ2) is 11.1. The summed E-state index contributed by atoms with van der Waals surface area (Å²) in [6.45, 7) is 13.0. The lowest BCUT2D eigenvalue weighted by molar-refractivity contribution is -0.143. The Labute approximate surface area is 196 Å². The van der Waals surface area contributed by atoms with E-state index in [9.17, 15) is 24.8 Å². The molecule has 33 heavy (non-hydrogen) atoms. The summed E-state index contributed by atoms with van der Waals surface area (Å²) in [5.74, 6) is -1.26. The third kappa shape index (κ3) is 9.10. The number of ether oxygens (including phenoxy) is 1. The van der Waals surface area contributed by atoms with Crippen LogP contribution >= 0.6 is 0 Å². The van der Waals surface area contributed by atoms with E-state index in [0.29, 0.717) is 5.56 Å². The van der Waals surface area contributed by atoms with Gasteiger partial charge in [-0.1, -0.05) is 29.3 Å². The number of carbonyl (C=O) groups excluding carboxylic acids is 3. The van der Waals surface area contributed by atoms with Crippen molar-refractivity contribution in [2.45, 2.75) is 78.6 Å². The summed E-state index contributed by atoms with van der Waals surface area (Å²) in [4.78, 5) is 40.0. The molecule has 2 atom stereocenters. The zero-order chi connectivity index (χ0) is 25.6. The Bertz CT molecular complexity index is 889. The Balaban J connectivity index is 3.44. The van der Waals surface area contributed by atoms with E-state index in [4.69, 9.17) is 4.74 Å². The number of benzene rings is 1. The van der Waals surface area contributed by atoms with Gasteiger partial charge in [0, 0.05) is 5.54 Å². The van der Waals surface area contributed by atoms with Gasteiger partial charge >= 0.3 is 6.09 Å². The van der Waals surface area contributed by atoms with Crippen LogP contribution in [0.25, 0.3) is 0 Å². The van der Waals surface area contributed by atoms with Gasteiger partial charge in [0.2, 0.25) is 11.8 Å². The van der Waals surface area contributed by atoms with Gasteiger partial charge in [0.05, 0.1) is 12.7 Å². The minimum Gasteiger partial charge on any atom is -0.444 e. The smallest absolute Gasteiger partial charge is 0.408 e. The van der Waals surface area contributed by atoms with Crippen LogP contribution < -0.4 is 10.6 Å². The van der Waals surface area contributed by atoms with Crippen LogP contribution in [0.5, 0.6) is 0 Å². The van der Waals surface area contributed by atoms with Crippen molar-refractivity contribution in [1.29, 1.82) is 5.26 Å². The number of nitriles is 1. The van der Waals surface area contributed by atoms with Gasteiger partial charge in [0.15, 0.2) is 0 Å². The molecule has 9 heteroatoms. The first-order valence-corrected chi connectivity index (χ1v) is 10.8. The zero-order valence-electron chi connectivity index (χ0n) is 20.8. The number of amides is 3. The number of nitrogens with one attached hydrogen (secondary N) is 2. The largest absolute Gasteiger partial charge is 0.444 e. The van der Waals surface area contributed by atoms with E-state index in [0.717, 1.165) is 16.0 Å². The van der Waals surface area contributed by atoms with Crippen molar-refractivity contribution in [2.24, 2.45) is 0 Å². The molecule has 0 heterocycles. The quantitative estimate of drug-likeness (QED) is 0.536. The van der Waals surface area contributed by atoms with Crippen LogP contribution in [0, 0.1) is 25.2 Å². The van der Waals surface area contributed by atoms with Crippen LogP contribution in [0.4, 0.5) is 4.79 Å². The maximum absolute atomic E-state index is 13.4. The first-order chi connectivity index (χ1) is 15.1. The molecule has 9 nitrogen and oxygen atoms in total. The molecule has 182 valence electrons. The minimum atomic E-state index is -1.40. The number of aliphatic hydroxyl groups is 1. The highest BCUT2D eigenvalue weighted by Crippen LogP contribution is 2.25. The summed E-state index contributed by atoms with van der Waals surface area (Å²) in [5.41, 5.74) is 0.878. The summed E-state index contributed by atoms with van der Waals surface area (Å²) >= 11 is 0. The van der Waals surface area contributed by atoms with Crippen LogP contribution in [0.1, 0.15) is 64.3 Å². The standard InChI is InChI=1S/C24H36N4O5/c1-15-11-16(2)13-17(12-15)19(20(30)27-23(3,4)5)28(10-9-25)21(31)18(14-29)26-22(32)33-24(6,7)8/h11-13,18-19,29H,10,14H2,1-8H3,(H,26,32)(H,27,30). The third-order valence-electron chi connectivity index (χ3n) is 4.31. The fraction of sp³-hybridized carbons (Fsp3) is 0.583. The molecule has 3 N–H and O–H groups in total. The average Bonchev–Trinajstić information content (AvgIpc) is 2.61. The van der Waals surface area contributed by atoms with Gasteiger partial charge in [-0.15, -0.1) is 0 Å². The Morgan fingerprint density at radius 3 is 2.06 bits per heavy atom. The highest BCUT2D eigenvalue weighted by molar-refractivity contribution is 5.92. The monoisotopic (exact) mass is 460 g/mol. The lowest BCUT2D eigenvalue weighted by Gasteiger charge is -2.34. The predicted octanol–water partition coefficient (Wildman–Crippen LogP) is 2.50. The predicted molar refractivity (Wildman–Crippen MR) is 124 cm³/mol. The third-order valence-corrected chi connectivity index (χ3v) is 4.31. The van der Waals surface area contributed by atoms with Gasteiger partial charge in [-0.2, -0.15) is 5.26 Å². The molecule has 0 saturated carbocycles. The summed E-state index contributed by atoms with van der Waals surface area (Å²) in [6, 6.07) is 4.84. The van der Waals surface area contributed by atoms with Gasteiger partial charge < -0.3 is 25.4 Å². The van der Waals surface area contributed by atoms with Crippen LogP contribution in [0.2, 0.25) is 0 Å². The molecule has 0 radical (unpaired) electrons. The summed E-state index contributed by atoms with van der Waals surface area (Å²) in [7, 11) is 0. The molecule has 2 unspecified atom stereocenters. The molecule has 0 bridgehead atoms. The molecule has 0 saturated heterocycles. The van der Waals surface area contributed by atoms with Crippen molar-refractivity contribution in [1.82, 2.24) is 15.5 Å². The normalized spacial score (nSPS) is 13.3. The first-order valence-electron chi connectivity index (χ1n) is 10.8. The SMILES string of the molecule is Cc1cc(C)cc(C(C(=O)NC(C)(C)C)N(CC#N)C(=O)C(CO)NC(=O)OC(C)(C)C)c1. The molecular weight excluding hydrogens is 424 g/mol. The molecule has 0 aliphatic carbocycles. The minimum absolute atomic E-state index is 0.430. The van der Waals surface area contributed by atoms with E-state index in [-0.39, 0.29) is 0 Å². The molecule has 1 aromatic rings. The highest BCUT2D eigenvalue weighted by Gasteiger charge is 2.37. The van der Waals surface area contributed by atoms with Crippen LogP contribution in [-0.2, 0) is 14.3 Å². The average molecular weight is 461 g/mol. The van der Waals surface area contributed by atoms with Crippen molar-refractivity contribution in [3.05, 3.63) is 34.9 Å². The van der Waals surface area contributed by atoms with Gasteiger partial charge in [0.1, 0.15) is 24.2 Å². The van der Waals surface area contributed by atoms with Gasteiger partial charge in [-0.05, 0) is 61.0 Å². The maximum atomic E-state index is 13.4. The van der Waals surface area contributed by atoms with E-state index in [1.54, 1.807) is 53.7 Å². The molecular formula is C24H36N4O5. The summed E-state index contributed by atoms with van der Waals surface area (Å²) in [6.07, 6.45) is -0.895. The maximum Gasteiger partial charge on any atom is 0.408 e. The Morgan fingerprint density at radius 1 is 1.09 bits per heavy atom. The van der Waals surface area contributed by atoms with Crippen LogP contribution in [0.15, 0.2) is 18.2 Å². The Morgan fingerprint density at radius 2 is 1.64 bits per heavy atom. The lowest BCUT2D eigenvalue weighted by Crippen LogP contribution is -2.55. The fourth-order valence-corrected chi connectivity index (χ4v) is 3.29. The molecule has 0 fully saturated rings. The van der Waals surface area contributed by atoms with Gasteiger partial charge in [-0.25, -0.2) is 4.79 Å². The van der Waals surface area contributed by atoms with Crippen LogP contribution in [-0.4, -0.2) is 58.2 Å². The molecule has 0 aliphatic rings. The number of rotatable bonds is 7. The Kier molecular flexibility index (Phi) is 9.43. The first kappa shape index (κ1) is 27.9. The topological polar surface area (TPSA) is 132 Å². The number of hydrogen-bond donors (Lipinski definition) is 3. The van der Waals surface area contributed by atoms with Gasteiger partial charge in [-0.3, -0.25) is 9.59 Å². The number of hydrogen-bond acceptors (Lipinski definition) is 6. The molecule has 0 aliphatic heterocycles. The van der Waals surface area contributed by atoms with E-state index < -0.39 is 54.3 Å². The van der Waals surface area contributed by atoms with Crippen molar-refractivity contribution in [3.63, 3.8) is 0 Å². The van der Waals surface area contributed by atoms with Crippen molar-refractivity contribution >= 4 is 17.9 Å². The fourth-order valence-electron chi connectivity index (χ4n) is 3.29. The second-order valence-electron chi connectivity index (χ2n) is 10.1. The Hall–Kier alpha value is -3.12. The second-order valence-corrected chi connectivity index (χ2v) is 10.1. The zero-order valence-corrected chi connectivity index (χ0v) is 20.8. The number of aryl methyl sites for hydroxylation is 2. The molecule has 3 amide bonds. The molecule has 0 spiro atoms. The van der Waals surface area contributed by atoms with Crippen LogP contribution in [0.3, 0.4) is 0 Å². The van der Waals surface area contributed by atoms with E-state index in [1.165, 1.54) is 0 Å².